The molecule has 20 heavy (non-hydrogen) atoms. The first-order valence-corrected chi connectivity index (χ1v) is 5.76. The zero-order valence-electron chi connectivity index (χ0n) is 10.4. The van der Waals surface area contributed by atoms with Gasteiger partial charge in [-0.25, -0.2) is 15.2 Å². The molecule has 0 unspecified atom stereocenters. The van der Waals surface area contributed by atoms with Gasteiger partial charge in [-0.3, -0.25) is 4.79 Å². The molecule has 0 spiro atoms. The maximum atomic E-state index is 10.8. The lowest BCUT2D eigenvalue weighted by Gasteiger charge is -2.14. The van der Waals surface area contributed by atoms with Crippen molar-refractivity contribution >= 4 is 23.9 Å². The minimum absolute atomic E-state index is 0.204. The van der Waals surface area contributed by atoms with E-state index in [-0.39, 0.29) is 12.3 Å². The van der Waals surface area contributed by atoms with Crippen LogP contribution in [0, 0.1) is 0 Å². The Morgan fingerprint density at radius 2 is 2.15 bits per heavy atom. The Morgan fingerprint density at radius 1 is 1.40 bits per heavy atom. The van der Waals surface area contributed by atoms with E-state index in [4.69, 9.17) is 10.5 Å². The van der Waals surface area contributed by atoms with Crippen LogP contribution in [0.2, 0.25) is 0 Å². The molecule has 2 amide bonds. The molecule has 0 saturated carbocycles. The van der Waals surface area contributed by atoms with E-state index in [0.29, 0.717) is 23.3 Å². The number of aldehydes is 1. The number of allylic oxidation sites excluding steroid dienone is 1. The maximum absolute atomic E-state index is 10.8. The normalized spacial score (nSPS) is 16.1. The molecule has 1 aromatic carbocycles. The van der Waals surface area contributed by atoms with Crippen molar-refractivity contribution in [3.8, 4) is 5.75 Å². The average molecular weight is 272 g/mol. The zero-order chi connectivity index (χ0) is 14.4. The molecule has 2 rings (SSSR count). The minimum Gasteiger partial charge on any atom is -0.437 e. The number of carbonyl (C=O) groups is 2. The largest absolute Gasteiger partial charge is 0.437 e. The molecule has 3 N–H and O–H groups in total. The molecular formula is C13H12N4O3. The third-order valence-electron chi connectivity index (χ3n) is 2.38. The number of rotatable bonds is 3. The molecule has 7 heteroatoms. The van der Waals surface area contributed by atoms with E-state index < -0.39 is 6.03 Å². The van der Waals surface area contributed by atoms with Crippen molar-refractivity contribution in [2.24, 2.45) is 15.8 Å². The molecule has 102 valence electrons. The fourth-order valence-corrected chi connectivity index (χ4v) is 1.50. The summed E-state index contributed by atoms with van der Waals surface area (Å²) in [7, 11) is 0. The highest BCUT2D eigenvalue weighted by Crippen LogP contribution is 2.14. The van der Waals surface area contributed by atoms with E-state index in [0.717, 1.165) is 0 Å². The average Bonchev–Trinajstić information content (AvgIpc) is 2.47. The standard InChI is InChI=1S/C13H12N4O3/c14-13(19)17-16-11-6-9(8-18)7-15-12(11)20-10-4-2-1-3-5-10/h1-5,7-8H,6H2,(H3,14,17,19). The van der Waals surface area contributed by atoms with Crippen LogP contribution in [0.5, 0.6) is 5.75 Å². The lowest BCUT2D eigenvalue weighted by molar-refractivity contribution is -0.104. The van der Waals surface area contributed by atoms with Gasteiger partial charge in [-0.2, -0.15) is 5.10 Å². The van der Waals surface area contributed by atoms with Crippen molar-refractivity contribution in [3.63, 3.8) is 0 Å². The van der Waals surface area contributed by atoms with Crippen molar-refractivity contribution in [2.75, 3.05) is 0 Å². The van der Waals surface area contributed by atoms with E-state index in [9.17, 15) is 9.59 Å². The number of para-hydroxylation sites is 1. The smallest absolute Gasteiger partial charge is 0.332 e. The van der Waals surface area contributed by atoms with Crippen LogP contribution in [0.25, 0.3) is 0 Å². The van der Waals surface area contributed by atoms with E-state index in [1.165, 1.54) is 6.20 Å². The number of nitrogens with one attached hydrogen (secondary N) is 1. The highest BCUT2D eigenvalue weighted by atomic mass is 16.5. The second kappa shape index (κ2) is 6.28. The van der Waals surface area contributed by atoms with Crippen LogP contribution in [0.4, 0.5) is 4.79 Å². The lowest BCUT2D eigenvalue weighted by atomic mass is 10.1. The van der Waals surface area contributed by atoms with Gasteiger partial charge >= 0.3 is 6.03 Å². The van der Waals surface area contributed by atoms with Gasteiger partial charge in [-0.1, -0.05) is 18.2 Å². The van der Waals surface area contributed by atoms with Crippen LogP contribution in [0.15, 0.2) is 52.2 Å². The Labute approximate surface area is 114 Å². The van der Waals surface area contributed by atoms with Crippen molar-refractivity contribution in [1.82, 2.24) is 5.43 Å². The van der Waals surface area contributed by atoms with Crippen LogP contribution in [0.3, 0.4) is 0 Å². The summed E-state index contributed by atoms with van der Waals surface area (Å²) in [6.45, 7) is 0. The van der Waals surface area contributed by atoms with Crippen LogP contribution < -0.4 is 15.9 Å². The number of aliphatic imine (C=N–C) groups is 1. The van der Waals surface area contributed by atoms with E-state index in [2.05, 4.69) is 15.5 Å². The monoisotopic (exact) mass is 272 g/mol. The van der Waals surface area contributed by atoms with Gasteiger partial charge in [0.15, 0.2) is 0 Å². The van der Waals surface area contributed by atoms with Crippen LogP contribution in [0.1, 0.15) is 6.42 Å². The summed E-state index contributed by atoms with van der Waals surface area (Å²) in [6, 6.07) is 8.16. The van der Waals surface area contributed by atoms with Crippen molar-refractivity contribution in [1.29, 1.82) is 0 Å². The third kappa shape index (κ3) is 3.52. The Balaban J connectivity index is 2.23. The van der Waals surface area contributed by atoms with Crippen LogP contribution >= 0.6 is 0 Å². The summed E-state index contributed by atoms with van der Waals surface area (Å²) in [6.07, 6.45) is 2.27. The first-order chi connectivity index (χ1) is 9.69. The summed E-state index contributed by atoms with van der Waals surface area (Å²) in [5.41, 5.74) is 7.79. The van der Waals surface area contributed by atoms with E-state index >= 15 is 0 Å². The number of hydrogen-bond acceptors (Lipinski definition) is 5. The van der Waals surface area contributed by atoms with Gasteiger partial charge in [0.2, 0.25) is 5.90 Å². The zero-order valence-corrected chi connectivity index (χ0v) is 10.4. The van der Waals surface area contributed by atoms with Crippen molar-refractivity contribution in [2.45, 2.75) is 6.42 Å². The minimum atomic E-state index is -0.807. The number of urea groups is 1. The van der Waals surface area contributed by atoms with Gasteiger partial charge in [0, 0.05) is 18.2 Å². The summed E-state index contributed by atoms with van der Waals surface area (Å²) in [5, 5.41) is 3.80. The molecule has 7 nitrogen and oxygen atoms in total. The molecule has 1 heterocycles. The second-order valence-corrected chi connectivity index (χ2v) is 3.88. The molecule has 1 aromatic rings. The molecular weight excluding hydrogens is 260 g/mol. The Kier molecular flexibility index (Phi) is 4.23. The van der Waals surface area contributed by atoms with E-state index in [1.54, 1.807) is 12.1 Å². The molecule has 0 aromatic heterocycles. The number of amides is 2. The molecule has 1 aliphatic heterocycles. The second-order valence-electron chi connectivity index (χ2n) is 3.88. The molecule has 0 fully saturated rings. The van der Waals surface area contributed by atoms with Gasteiger partial charge in [-0.05, 0) is 12.1 Å². The Bertz CT molecular complexity index is 605. The van der Waals surface area contributed by atoms with Gasteiger partial charge in [0.25, 0.3) is 0 Å². The van der Waals surface area contributed by atoms with Crippen LogP contribution in [-0.2, 0) is 4.79 Å². The first kappa shape index (κ1) is 13.5. The summed E-state index contributed by atoms with van der Waals surface area (Å²) in [5.74, 6) is 0.775. The lowest BCUT2D eigenvalue weighted by Crippen LogP contribution is -2.31. The van der Waals surface area contributed by atoms with Gasteiger partial charge in [-0.15, -0.1) is 0 Å². The predicted molar refractivity (Wildman–Crippen MR) is 73.4 cm³/mol. The van der Waals surface area contributed by atoms with E-state index in [1.807, 2.05) is 18.2 Å². The highest BCUT2D eigenvalue weighted by molar-refractivity contribution is 6.41. The third-order valence-corrected chi connectivity index (χ3v) is 2.38. The number of hydrogen-bond donors (Lipinski definition) is 2. The molecule has 0 saturated heterocycles. The summed E-state index contributed by atoms with van der Waals surface area (Å²) >= 11 is 0. The number of nitrogens with two attached hydrogens (primary N) is 1. The van der Waals surface area contributed by atoms with Crippen molar-refractivity contribution < 1.29 is 14.3 Å². The fourth-order valence-electron chi connectivity index (χ4n) is 1.50. The maximum Gasteiger partial charge on any atom is 0.332 e. The van der Waals surface area contributed by atoms with Gasteiger partial charge in [0.05, 0.1) is 0 Å². The predicted octanol–water partition coefficient (Wildman–Crippen LogP) is 0.975. The molecule has 0 bridgehead atoms. The summed E-state index contributed by atoms with van der Waals surface area (Å²) < 4.78 is 5.56. The molecule has 0 atom stereocenters. The Morgan fingerprint density at radius 3 is 2.80 bits per heavy atom. The number of benzene rings is 1. The quantitative estimate of drug-likeness (QED) is 0.632. The number of nitrogens with zero attached hydrogens (tertiary/aromatic N) is 2. The van der Waals surface area contributed by atoms with Gasteiger partial charge < -0.3 is 10.5 Å². The number of ether oxygens (including phenoxy) is 1. The number of hydrazone groups is 1. The first-order valence-electron chi connectivity index (χ1n) is 5.76. The van der Waals surface area contributed by atoms with Gasteiger partial charge in [0.1, 0.15) is 17.7 Å². The van der Waals surface area contributed by atoms with Crippen LogP contribution in [-0.4, -0.2) is 23.9 Å². The summed E-state index contributed by atoms with van der Waals surface area (Å²) in [4.78, 5) is 25.5. The molecule has 1 aliphatic rings. The van der Waals surface area contributed by atoms with Crippen molar-refractivity contribution in [3.05, 3.63) is 42.1 Å². The molecule has 0 radical (unpaired) electrons. The highest BCUT2D eigenvalue weighted by Gasteiger charge is 2.18. The SMILES string of the molecule is NC(=O)NN=C1CC(C=O)=CN=C1Oc1ccccc1. The molecule has 0 aliphatic carbocycles. The fraction of sp³-hybridized carbons (Fsp3) is 0.0769. The number of primary amides is 1. The number of carbonyl (C=O) groups excluding carboxylic acids is 2. The Hall–Kier alpha value is -2.96. The topological polar surface area (TPSA) is 106 Å².